The molecular formula is C23H29AtO3. The van der Waals surface area contributed by atoms with Gasteiger partial charge < -0.3 is 0 Å². The van der Waals surface area contributed by atoms with Crippen molar-refractivity contribution in [1.82, 2.24) is 0 Å². The fourth-order valence-corrected chi connectivity index (χ4v) is 7.36. The summed E-state index contributed by atoms with van der Waals surface area (Å²) in [5.41, 5.74) is 2.75. The zero-order valence-electron chi connectivity index (χ0n) is 16.0. The van der Waals surface area contributed by atoms with Gasteiger partial charge in [-0.25, -0.2) is 0 Å². The summed E-state index contributed by atoms with van der Waals surface area (Å²) in [7, 11) is 0. The number of allylic oxidation sites excluding steroid dienone is 1. The average molecular weight is 563 g/mol. The number of phenols is 1. The molecule has 3 nitrogen and oxygen atoms in total. The predicted molar refractivity (Wildman–Crippen MR) is 106 cm³/mol. The van der Waals surface area contributed by atoms with Gasteiger partial charge in [-0.05, 0) is 0 Å². The zero-order chi connectivity index (χ0) is 20.2. The Balaban J connectivity index is 0.000000614. The van der Waals surface area contributed by atoms with E-state index in [-0.39, 0.29) is 6.10 Å². The zero-order valence-corrected chi connectivity index (χ0v) is 19.0. The number of terminal acetylenes is 2. The van der Waals surface area contributed by atoms with Crippen molar-refractivity contribution < 1.29 is 33.7 Å². The molecule has 0 heterocycles. The first kappa shape index (κ1) is 22.0. The maximum absolute atomic E-state index is 10.0. The van der Waals surface area contributed by atoms with E-state index in [2.05, 4.69) is 50.8 Å². The van der Waals surface area contributed by atoms with E-state index in [4.69, 9.17) is 2.81 Å². The summed E-state index contributed by atoms with van der Waals surface area (Å²) in [4.78, 5) is 0. The molecule has 1 aromatic rings. The molecule has 0 aromatic heterocycles. The van der Waals surface area contributed by atoms with Crippen LogP contribution in [0.3, 0.4) is 0 Å². The van der Waals surface area contributed by atoms with Crippen LogP contribution in [0.5, 0.6) is 5.75 Å². The molecule has 0 saturated heterocycles. The molecule has 3 aliphatic carbocycles. The number of fused-ring (bicyclic) bond motifs is 5. The van der Waals surface area contributed by atoms with Gasteiger partial charge >= 0.3 is 147 Å². The summed E-state index contributed by atoms with van der Waals surface area (Å²) in [6, 6.07) is 5.71. The fraction of sp³-hybridized carbons (Fsp3) is 0.478. The Labute approximate surface area is 172 Å². The molecule has 0 spiro atoms. The Morgan fingerprint density at radius 1 is 1.22 bits per heavy atom. The van der Waals surface area contributed by atoms with Crippen LogP contribution in [0.4, 0.5) is 0 Å². The van der Waals surface area contributed by atoms with Gasteiger partial charge in [-0.15, -0.1) is 25.7 Å². The van der Waals surface area contributed by atoms with Crippen molar-refractivity contribution in [1.29, 1.82) is 0 Å². The Hall–Kier alpha value is -1.32. The monoisotopic (exact) mass is 563 g/mol. The Morgan fingerprint density at radius 3 is 2.59 bits per heavy atom. The second kappa shape index (κ2) is 9.25. The van der Waals surface area contributed by atoms with Crippen molar-refractivity contribution in [3.63, 3.8) is 0 Å². The van der Waals surface area contributed by atoms with Gasteiger partial charge in [-0.1, -0.05) is 0 Å². The third kappa shape index (κ3) is 4.25. The molecule has 0 amide bonds. The van der Waals surface area contributed by atoms with E-state index in [0.29, 0.717) is 28.9 Å². The van der Waals surface area contributed by atoms with Gasteiger partial charge in [0.05, 0.1) is 0 Å². The fourth-order valence-electron chi connectivity index (χ4n) is 5.39. The van der Waals surface area contributed by atoms with E-state index in [0.717, 1.165) is 12.0 Å². The molecule has 2 saturated carbocycles. The number of aromatic hydroxyl groups is 1. The average Bonchev–Trinajstić information content (AvgIpc) is 3.05. The van der Waals surface area contributed by atoms with E-state index in [1.165, 1.54) is 24.8 Å². The third-order valence-corrected chi connectivity index (χ3v) is 8.17. The maximum atomic E-state index is 10.0. The molecule has 5 atom stereocenters. The van der Waals surface area contributed by atoms with Crippen molar-refractivity contribution in [3.05, 3.63) is 35.4 Å². The molecule has 4 rings (SSSR count). The van der Waals surface area contributed by atoms with Crippen molar-refractivity contribution in [2.45, 2.75) is 49.3 Å². The van der Waals surface area contributed by atoms with Crippen LogP contribution >= 0.6 is 0 Å². The van der Waals surface area contributed by atoms with Gasteiger partial charge in [-0.3, -0.25) is 0 Å². The Bertz CT molecular complexity index is 715. The van der Waals surface area contributed by atoms with Gasteiger partial charge in [0.25, 0.3) is 0 Å². The van der Waals surface area contributed by atoms with E-state index in [1.807, 2.05) is 10.7 Å². The number of rotatable bonds is 2. The molecule has 1 aromatic carbocycles. The summed E-state index contributed by atoms with van der Waals surface area (Å²) in [5.74, 6) is 1.86. The molecule has 4 heteroatoms. The van der Waals surface area contributed by atoms with E-state index in [1.54, 1.807) is 6.07 Å². The van der Waals surface area contributed by atoms with Crippen LogP contribution in [0.1, 0.15) is 49.7 Å². The summed E-state index contributed by atoms with van der Waals surface area (Å²) >= 11 is -2.52. The number of phenolic OH excluding ortho intramolecular Hbond substituents is 1. The van der Waals surface area contributed by atoms with Crippen molar-refractivity contribution in [2.24, 2.45) is 17.3 Å². The molecule has 27 heavy (non-hydrogen) atoms. The third-order valence-electron chi connectivity index (χ3n) is 6.28. The molecule has 2 N–H and O–H groups in total. The first-order valence-corrected chi connectivity index (χ1v) is 14.6. The Morgan fingerprint density at radius 2 is 1.93 bits per heavy atom. The summed E-state index contributed by atoms with van der Waals surface area (Å²) in [6.45, 7) is 2.42. The first-order chi connectivity index (χ1) is 13.0. The second-order valence-corrected chi connectivity index (χ2v) is 11.4. The summed E-state index contributed by atoms with van der Waals surface area (Å²) in [5, 5.41) is 9.79. The number of benzene rings is 1. The minimum atomic E-state index is -2.52. The SMILES string of the molecule is C#C.C#C.C[At](O)OC1CC2(C)CCCC2C2C=Cc3cc(O)ccc3C12. The molecule has 3 aliphatic rings. The van der Waals surface area contributed by atoms with Crippen LogP contribution in [0.15, 0.2) is 24.3 Å². The Kier molecular flexibility index (Phi) is 7.53. The summed E-state index contributed by atoms with van der Waals surface area (Å²) in [6.07, 6.45) is 25.6. The molecular weight excluding hydrogens is 534 g/mol. The van der Waals surface area contributed by atoms with Crippen molar-refractivity contribution >= 4 is 6.08 Å². The molecule has 2 fully saturated rings. The second-order valence-electron chi connectivity index (χ2n) is 7.65. The molecule has 0 aliphatic heterocycles. The van der Waals surface area contributed by atoms with Crippen LogP contribution in [0.2, 0.25) is 4.63 Å². The quantitative estimate of drug-likeness (QED) is 0.513. The van der Waals surface area contributed by atoms with E-state index in [9.17, 15) is 8.29 Å². The van der Waals surface area contributed by atoms with E-state index >= 15 is 0 Å². The normalized spacial score (nSPS) is 33.1. The standard InChI is InChI=1S/C19H25AtO3.2C2H2/c1-19-9-3-4-16(19)15-7-5-12-10-13(21)6-8-14(12)18(15)17(11-19)23-20(2)22;2*1-2/h5-8,10,15-18,21-22H,3-4,9,11H2,1-2H3;2*1-2H. The van der Waals surface area contributed by atoms with Crippen LogP contribution in [-0.4, -0.2) is 14.4 Å². The minimum absolute atomic E-state index is 0.117. The summed E-state index contributed by atoms with van der Waals surface area (Å²) < 4.78 is 18.1. The predicted octanol–water partition coefficient (Wildman–Crippen LogP) is 4.70. The van der Waals surface area contributed by atoms with Crippen LogP contribution in [0.25, 0.3) is 6.08 Å². The number of hydrogen-bond acceptors (Lipinski definition) is 3. The van der Waals surface area contributed by atoms with Crippen molar-refractivity contribution in [2.75, 3.05) is 0 Å². The van der Waals surface area contributed by atoms with Gasteiger partial charge in [0.15, 0.2) is 0 Å². The van der Waals surface area contributed by atoms with Gasteiger partial charge in [0.1, 0.15) is 0 Å². The van der Waals surface area contributed by atoms with Crippen LogP contribution < -0.4 is 0 Å². The van der Waals surface area contributed by atoms with Crippen LogP contribution in [-0.2, 0) is 2.81 Å². The van der Waals surface area contributed by atoms with Crippen molar-refractivity contribution in [3.8, 4) is 31.4 Å². The first-order valence-electron chi connectivity index (χ1n) is 9.12. The molecule has 5 unspecified atom stereocenters. The topological polar surface area (TPSA) is 49.7 Å². The number of hydrogen-bond donors (Lipinski definition) is 2. The molecule has 0 radical (unpaired) electrons. The van der Waals surface area contributed by atoms with Crippen LogP contribution in [0, 0.1) is 65.6 Å². The molecule has 0 bridgehead atoms. The van der Waals surface area contributed by atoms with Gasteiger partial charge in [-0.2, -0.15) is 0 Å². The van der Waals surface area contributed by atoms with E-state index < -0.39 is 22.6 Å². The molecule has 146 valence electrons. The van der Waals surface area contributed by atoms with Gasteiger partial charge in [0.2, 0.25) is 0 Å². The van der Waals surface area contributed by atoms with Gasteiger partial charge in [0, 0.05) is 0 Å².